The van der Waals surface area contributed by atoms with E-state index < -0.39 is 16.1 Å². The van der Waals surface area contributed by atoms with Gasteiger partial charge in [0.05, 0.1) is 41.7 Å². The first kappa shape index (κ1) is 56.6. The largest absolute Gasteiger partial charge is 0.496 e. The first-order valence-corrected chi connectivity index (χ1v) is 31.2. The topological polar surface area (TPSA) is 42.5 Å². The van der Waals surface area contributed by atoms with Gasteiger partial charge in [-0.05, 0) is 95.5 Å². The molecule has 2 N–H and O–H groups in total. The highest BCUT2D eigenvalue weighted by Crippen LogP contribution is 2.53. The smallest absolute Gasteiger partial charge is 0.127 e. The third-order valence-corrected chi connectivity index (χ3v) is 19.6. The fourth-order valence-corrected chi connectivity index (χ4v) is 15.2. The molecule has 12 rings (SSSR count). The van der Waals surface area contributed by atoms with Gasteiger partial charge in [-0.25, -0.2) is 0 Å². The van der Waals surface area contributed by atoms with Gasteiger partial charge in [0, 0.05) is 54.6 Å². The number of nitrogens with one attached hydrogen (secondary N) is 2. The molecule has 0 aliphatic carbocycles. The summed E-state index contributed by atoms with van der Waals surface area (Å²) in [5.41, 5.74) is 21.1. The van der Waals surface area contributed by atoms with Crippen LogP contribution in [-0.2, 0) is 0 Å². The lowest BCUT2D eigenvalue weighted by Crippen LogP contribution is -2.19. The Balaban J connectivity index is 0.000000207. The monoisotopic (exact) mass is 1130 g/mol. The molecule has 12 aromatic carbocycles. The van der Waals surface area contributed by atoms with Crippen LogP contribution in [0.15, 0.2) is 291 Å². The molecule has 0 aliphatic heterocycles. The van der Waals surface area contributed by atoms with Crippen molar-refractivity contribution in [1.29, 1.82) is 0 Å². The molecular formula is C78H68N2O2P2. The SMILES string of the molecule is COc1ccc(-c2ccccc2)c(C)c1-c1c(OC)ccc(-c2ccccc2)c1C.Cc1ccc(-c2ccccc2)c(NP(c2ccccc2)c2ccccc2)c1-c1c(C)ccc(-c2ccccc2)c1NP(c1ccccc1)c1ccccc1. The van der Waals surface area contributed by atoms with Gasteiger partial charge in [-0.15, -0.1) is 0 Å². The summed E-state index contributed by atoms with van der Waals surface area (Å²) in [5.74, 6) is 1.69. The number of benzene rings is 12. The average Bonchev–Trinajstić information content (AvgIpc) is 3.68. The number of methoxy groups -OCH3 is 2. The minimum Gasteiger partial charge on any atom is -0.496 e. The van der Waals surface area contributed by atoms with Crippen LogP contribution in [0.2, 0.25) is 0 Å². The van der Waals surface area contributed by atoms with Crippen LogP contribution in [0.25, 0.3) is 66.8 Å². The molecule has 0 aromatic heterocycles. The van der Waals surface area contributed by atoms with Crippen molar-refractivity contribution in [2.75, 3.05) is 24.4 Å². The van der Waals surface area contributed by atoms with Crippen molar-refractivity contribution >= 4 is 48.7 Å². The summed E-state index contributed by atoms with van der Waals surface area (Å²) in [4.78, 5) is 0. The fourth-order valence-electron chi connectivity index (χ4n) is 11.3. The number of anilines is 2. The standard InChI is InChI=1S/C50H42N2P2.C28H26O2/c1-37-33-35-45(39-21-9-3-10-22-39)49(51-53(41-25-13-5-14-26-41)42-27-15-6-16-28-42)47(37)48-38(2)34-36-46(40-23-11-4-12-24-40)50(48)52-54(43-29-17-7-18-30-43)44-31-19-8-20-32-44;1-19-23(21-11-7-5-8-12-21)15-17-25(29-3)27(19)28-20(2)24(16-18-26(28)30-4)22-13-9-6-10-14-22/h3-36,51-52H,1-2H3;5-18H,1-4H3. The Hall–Kier alpha value is -9.30. The fraction of sp³-hybridized carbons (Fsp3) is 0.0769. The van der Waals surface area contributed by atoms with Gasteiger partial charge < -0.3 is 19.6 Å². The first-order chi connectivity index (χ1) is 41.3. The lowest BCUT2D eigenvalue weighted by atomic mass is 9.86. The molecule has 0 spiro atoms. The van der Waals surface area contributed by atoms with Crippen LogP contribution in [0.5, 0.6) is 11.5 Å². The van der Waals surface area contributed by atoms with E-state index in [1.807, 2.05) is 12.1 Å². The van der Waals surface area contributed by atoms with Gasteiger partial charge >= 0.3 is 0 Å². The Kier molecular flexibility index (Phi) is 18.0. The molecule has 0 heterocycles. The Morgan fingerprint density at radius 2 is 0.488 bits per heavy atom. The summed E-state index contributed by atoms with van der Waals surface area (Å²) in [6.45, 7) is 8.85. The zero-order chi connectivity index (χ0) is 57.8. The van der Waals surface area contributed by atoms with Crippen molar-refractivity contribution in [2.24, 2.45) is 0 Å². The molecule has 4 nitrogen and oxygen atoms in total. The molecule has 412 valence electrons. The third kappa shape index (κ3) is 12.2. The Labute approximate surface area is 499 Å². The van der Waals surface area contributed by atoms with Crippen LogP contribution in [0.3, 0.4) is 0 Å². The molecule has 0 saturated carbocycles. The van der Waals surface area contributed by atoms with E-state index in [0.29, 0.717) is 0 Å². The van der Waals surface area contributed by atoms with Crippen LogP contribution in [-0.4, -0.2) is 14.2 Å². The second kappa shape index (κ2) is 26.7. The van der Waals surface area contributed by atoms with E-state index in [1.54, 1.807) is 14.2 Å². The van der Waals surface area contributed by atoms with E-state index in [1.165, 1.54) is 99.1 Å². The lowest BCUT2D eigenvalue weighted by molar-refractivity contribution is 0.410. The molecule has 6 heteroatoms. The van der Waals surface area contributed by atoms with Crippen LogP contribution in [0.1, 0.15) is 22.3 Å². The van der Waals surface area contributed by atoms with Crippen molar-refractivity contribution in [2.45, 2.75) is 27.7 Å². The molecule has 84 heavy (non-hydrogen) atoms. The van der Waals surface area contributed by atoms with Gasteiger partial charge in [0.25, 0.3) is 0 Å². The third-order valence-electron chi connectivity index (χ3n) is 15.5. The van der Waals surface area contributed by atoms with Crippen molar-refractivity contribution in [1.82, 2.24) is 0 Å². The number of aryl methyl sites for hydroxylation is 2. The van der Waals surface area contributed by atoms with E-state index in [4.69, 9.17) is 9.47 Å². The van der Waals surface area contributed by atoms with E-state index in [-0.39, 0.29) is 0 Å². The van der Waals surface area contributed by atoms with Gasteiger partial charge in [0.2, 0.25) is 0 Å². The predicted molar refractivity (Wildman–Crippen MR) is 363 cm³/mol. The van der Waals surface area contributed by atoms with Crippen molar-refractivity contribution < 1.29 is 9.47 Å². The van der Waals surface area contributed by atoms with E-state index in [2.05, 4.69) is 317 Å². The molecule has 0 saturated heterocycles. The minimum atomic E-state index is -0.979. The predicted octanol–water partition coefficient (Wildman–Crippen LogP) is 19.5. The zero-order valence-corrected chi connectivity index (χ0v) is 50.2. The Morgan fingerprint density at radius 3 is 0.750 bits per heavy atom. The van der Waals surface area contributed by atoms with Gasteiger partial charge in [0.15, 0.2) is 0 Å². The maximum absolute atomic E-state index is 5.82. The molecule has 0 amide bonds. The average molecular weight is 1130 g/mol. The quantitative estimate of drug-likeness (QED) is 0.0947. The molecule has 0 fully saturated rings. The minimum absolute atomic E-state index is 0.846. The lowest BCUT2D eigenvalue weighted by Gasteiger charge is -2.30. The molecule has 12 aromatic rings. The van der Waals surface area contributed by atoms with Crippen molar-refractivity contribution in [3.63, 3.8) is 0 Å². The van der Waals surface area contributed by atoms with Crippen LogP contribution in [0, 0.1) is 27.7 Å². The molecule has 0 aliphatic rings. The van der Waals surface area contributed by atoms with Crippen LogP contribution in [0.4, 0.5) is 11.4 Å². The van der Waals surface area contributed by atoms with Crippen LogP contribution < -0.4 is 40.9 Å². The second-order valence-corrected chi connectivity index (χ2v) is 24.5. The van der Waals surface area contributed by atoms with Gasteiger partial charge in [0.1, 0.15) is 11.5 Å². The summed E-state index contributed by atoms with van der Waals surface area (Å²) in [7, 11) is 1.49. The molecule has 0 bridgehead atoms. The summed E-state index contributed by atoms with van der Waals surface area (Å²) in [5, 5.41) is 13.6. The van der Waals surface area contributed by atoms with E-state index in [0.717, 1.165) is 34.0 Å². The highest BCUT2D eigenvalue weighted by Gasteiger charge is 2.27. The number of hydrogen-bond donors (Lipinski definition) is 2. The van der Waals surface area contributed by atoms with E-state index >= 15 is 0 Å². The highest BCUT2D eigenvalue weighted by molar-refractivity contribution is 7.74. The van der Waals surface area contributed by atoms with Crippen molar-refractivity contribution in [3.8, 4) is 78.3 Å². The Bertz CT molecular complexity index is 3760. The summed E-state index contributed by atoms with van der Waals surface area (Å²) in [6, 6.07) is 104. The number of hydrogen-bond acceptors (Lipinski definition) is 4. The summed E-state index contributed by atoms with van der Waals surface area (Å²) >= 11 is 0. The van der Waals surface area contributed by atoms with Crippen molar-refractivity contribution in [3.05, 3.63) is 313 Å². The molecule has 0 radical (unpaired) electrons. The normalized spacial score (nSPS) is 11.0. The molecule has 0 unspecified atom stereocenters. The maximum atomic E-state index is 5.82. The second-order valence-electron chi connectivity index (χ2n) is 20.7. The van der Waals surface area contributed by atoms with Crippen LogP contribution >= 0.6 is 16.1 Å². The zero-order valence-electron chi connectivity index (χ0n) is 48.4. The Morgan fingerprint density at radius 1 is 0.250 bits per heavy atom. The summed E-state index contributed by atoms with van der Waals surface area (Å²) in [6.07, 6.45) is 0. The first-order valence-electron chi connectivity index (χ1n) is 28.5. The van der Waals surface area contributed by atoms with Gasteiger partial charge in [-0.1, -0.05) is 279 Å². The number of rotatable bonds is 16. The highest BCUT2D eigenvalue weighted by atomic mass is 31.1. The van der Waals surface area contributed by atoms with E-state index in [9.17, 15) is 0 Å². The molecule has 0 atom stereocenters. The van der Waals surface area contributed by atoms with Gasteiger partial charge in [-0.2, -0.15) is 0 Å². The molecular weight excluding hydrogens is 1060 g/mol. The number of ether oxygens (including phenoxy) is 2. The van der Waals surface area contributed by atoms with Gasteiger partial charge in [-0.3, -0.25) is 0 Å². The maximum Gasteiger partial charge on any atom is 0.127 e. The summed E-state index contributed by atoms with van der Waals surface area (Å²) < 4.78 is 11.6.